The fourth-order valence-corrected chi connectivity index (χ4v) is 2.84. The molecule has 1 aliphatic rings. The van der Waals surface area contributed by atoms with Gasteiger partial charge in [0.15, 0.2) is 0 Å². The Balaban J connectivity index is 1.82. The standard InChI is InChI=1S/C16H24N2O/c1-12-6-5-9-14(15(12)17)16(19)18-11-10-13-7-3-2-4-8-13/h5-6,9,13H,2-4,7-8,10-11,17H2,1H3,(H,18,19). The number of para-hydroxylation sites is 1. The molecule has 0 bridgehead atoms. The summed E-state index contributed by atoms with van der Waals surface area (Å²) in [6.07, 6.45) is 7.82. The highest BCUT2D eigenvalue weighted by Crippen LogP contribution is 2.25. The van der Waals surface area contributed by atoms with Gasteiger partial charge in [0.25, 0.3) is 5.91 Å². The van der Waals surface area contributed by atoms with E-state index in [9.17, 15) is 4.79 Å². The summed E-state index contributed by atoms with van der Waals surface area (Å²) in [5.41, 5.74) is 8.09. The lowest BCUT2D eigenvalue weighted by molar-refractivity contribution is 0.0951. The topological polar surface area (TPSA) is 55.1 Å². The first-order chi connectivity index (χ1) is 9.18. The number of nitrogen functional groups attached to an aromatic ring is 1. The van der Waals surface area contributed by atoms with Gasteiger partial charge in [-0.1, -0.05) is 44.2 Å². The summed E-state index contributed by atoms with van der Waals surface area (Å²) in [6, 6.07) is 5.59. The van der Waals surface area contributed by atoms with Gasteiger partial charge in [-0.2, -0.15) is 0 Å². The Hall–Kier alpha value is -1.51. The van der Waals surface area contributed by atoms with Crippen molar-refractivity contribution in [2.75, 3.05) is 12.3 Å². The summed E-state index contributed by atoms with van der Waals surface area (Å²) in [5, 5.41) is 3.00. The number of carbonyl (C=O) groups is 1. The first-order valence-electron chi connectivity index (χ1n) is 7.32. The number of rotatable bonds is 4. The molecule has 0 spiro atoms. The van der Waals surface area contributed by atoms with Crippen molar-refractivity contribution in [2.45, 2.75) is 45.4 Å². The van der Waals surface area contributed by atoms with E-state index in [2.05, 4.69) is 5.32 Å². The van der Waals surface area contributed by atoms with Gasteiger partial charge in [0.05, 0.1) is 5.56 Å². The lowest BCUT2D eigenvalue weighted by Crippen LogP contribution is -2.27. The highest BCUT2D eigenvalue weighted by molar-refractivity contribution is 5.99. The monoisotopic (exact) mass is 260 g/mol. The van der Waals surface area contributed by atoms with Crippen molar-refractivity contribution in [3.63, 3.8) is 0 Å². The molecule has 1 fully saturated rings. The Morgan fingerprint density at radius 3 is 2.79 bits per heavy atom. The number of aryl methyl sites for hydroxylation is 1. The van der Waals surface area contributed by atoms with Gasteiger partial charge in [-0.25, -0.2) is 0 Å². The van der Waals surface area contributed by atoms with Gasteiger partial charge in [0.2, 0.25) is 0 Å². The zero-order valence-electron chi connectivity index (χ0n) is 11.7. The van der Waals surface area contributed by atoms with Crippen LogP contribution in [0.2, 0.25) is 0 Å². The molecular weight excluding hydrogens is 236 g/mol. The number of nitrogens with one attached hydrogen (secondary N) is 1. The second-order valence-electron chi connectivity index (χ2n) is 5.58. The highest BCUT2D eigenvalue weighted by Gasteiger charge is 2.14. The van der Waals surface area contributed by atoms with Gasteiger partial charge in [-0.05, 0) is 30.9 Å². The number of hydrogen-bond donors (Lipinski definition) is 2. The van der Waals surface area contributed by atoms with E-state index < -0.39 is 0 Å². The van der Waals surface area contributed by atoms with E-state index in [1.165, 1.54) is 32.1 Å². The third kappa shape index (κ3) is 3.72. The minimum Gasteiger partial charge on any atom is -0.398 e. The van der Waals surface area contributed by atoms with E-state index in [-0.39, 0.29) is 5.91 Å². The second kappa shape index (κ2) is 6.60. The molecule has 3 heteroatoms. The fraction of sp³-hybridized carbons (Fsp3) is 0.562. The lowest BCUT2D eigenvalue weighted by atomic mass is 9.87. The molecule has 19 heavy (non-hydrogen) atoms. The molecule has 0 radical (unpaired) electrons. The summed E-state index contributed by atoms with van der Waals surface area (Å²) >= 11 is 0. The summed E-state index contributed by atoms with van der Waals surface area (Å²) < 4.78 is 0. The Bertz CT molecular complexity index is 436. The van der Waals surface area contributed by atoms with Crippen LogP contribution < -0.4 is 11.1 Å². The Kier molecular flexibility index (Phi) is 4.83. The van der Waals surface area contributed by atoms with Crippen molar-refractivity contribution in [3.8, 4) is 0 Å². The molecule has 0 aromatic heterocycles. The molecule has 1 aliphatic carbocycles. The van der Waals surface area contributed by atoms with Crippen LogP contribution in [0.4, 0.5) is 5.69 Å². The molecule has 0 unspecified atom stereocenters. The normalized spacial score (nSPS) is 16.3. The Morgan fingerprint density at radius 1 is 1.32 bits per heavy atom. The van der Waals surface area contributed by atoms with E-state index in [1.54, 1.807) is 6.07 Å². The molecule has 1 aromatic rings. The zero-order chi connectivity index (χ0) is 13.7. The molecule has 3 nitrogen and oxygen atoms in total. The smallest absolute Gasteiger partial charge is 0.253 e. The van der Waals surface area contributed by atoms with Crippen LogP contribution >= 0.6 is 0 Å². The maximum atomic E-state index is 12.1. The molecule has 0 atom stereocenters. The summed E-state index contributed by atoms with van der Waals surface area (Å²) in [7, 11) is 0. The van der Waals surface area contributed by atoms with Crippen molar-refractivity contribution < 1.29 is 4.79 Å². The summed E-state index contributed by atoms with van der Waals surface area (Å²) in [4.78, 5) is 12.1. The minimum atomic E-state index is -0.0444. The van der Waals surface area contributed by atoms with E-state index in [0.717, 1.165) is 24.4 Å². The van der Waals surface area contributed by atoms with E-state index >= 15 is 0 Å². The average Bonchev–Trinajstić information content (AvgIpc) is 2.43. The van der Waals surface area contributed by atoms with Crippen molar-refractivity contribution in [1.82, 2.24) is 5.32 Å². The van der Waals surface area contributed by atoms with Crippen LogP contribution in [0.5, 0.6) is 0 Å². The molecule has 1 aromatic carbocycles. The zero-order valence-corrected chi connectivity index (χ0v) is 11.7. The molecule has 1 amide bonds. The van der Waals surface area contributed by atoms with Gasteiger partial charge in [0, 0.05) is 12.2 Å². The number of carbonyl (C=O) groups excluding carboxylic acids is 1. The van der Waals surface area contributed by atoms with E-state index in [4.69, 9.17) is 5.73 Å². The van der Waals surface area contributed by atoms with E-state index in [0.29, 0.717) is 11.3 Å². The van der Waals surface area contributed by atoms with Gasteiger partial charge in [-0.3, -0.25) is 4.79 Å². The number of amides is 1. The molecule has 1 saturated carbocycles. The van der Waals surface area contributed by atoms with Crippen LogP contribution in [-0.2, 0) is 0 Å². The van der Waals surface area contributed by atoms with Crippen molar-refractivity contribution in [2.24, 2.45) is 5.92 Å². The maximum absolute atomic E-state index is 12.1. The molecule has 0 aliphatic heterocycles. The van der Waals surface area contributed by atoms with Crippen molar-refractivity contribution >= 4 is 11.6 Å². The third-order valence-corrected chi connectivity index (χ3v) is 4.13. The lowest BCUT2D eigenvalue weighted by Gasteiger charge is -2.21. The van der Waals surface area contributed by atoms with Gasteiger partial charge < -0.3 is 11.1 Å². The van der Waals surface area contributed by atoms with Crippen LogP contribution in [0.25, 0.3) is 0 Å². The third-order valence-electron chi connectivity index (χ3n) is 4.13. The molecule has 0 saturated heterocycles. The Morgan fingerprint density at radius 2 is 2.05 bits per heavy atom. The summed E-state index contributed by atoms with van der Waals surface area (Å²) in [5.74, 6) is 0.751. The highest BCUT2D eigenvalue weighted by atomic mass is 16.1. The van der Waals surface area contributed by atoms with Gasteiger partial charge in [0.1, 0.15) is 0 Å². The number of anilines is 1. The predicted octanol–water partition coefficient (Wildman–Crippen LogP) is 3.28. The maximum Gasteiger partial charge on any atom is 0.253 e. The first-order valence-corrected chi connectivity index (χ1v) is 7.32. The number of benzene rings is 1. The SMILES string of the molecule is Cc1cccc(C(=O)NCCC2CCCCC2)c1N. The molecule has 3 N–H and O–H groups in total. The van der Waals surface area contributed by atoms with Crippen LogP contribution in [0.15, 0.2) is 18.2 Å². The minimum absolute atomic E-state index is 0.0444. The molecule has 2 rings (SSSR count). The predicted molar refractivity (Wildman–Crippen MR) is 79.1 cm³/mol. The Labute approximate surface area is 115 Å². The van der Waals surface area contributed by atoms with Gasteiger partial charge in [-0.15, -0.1) is 0 Å². The van der Waals surface area contributed by atoms with Crippen molar-refractivity contribution in [1.29, 1.82) is 0 Å². The quantitative estimate of drug-likeness (QED) is 0.816. The molecular formula is C16H24N2O. The first kappa shape index (κ1) is 13.9. The second-order valence-corrected chi connectivity index (χ2v) is 5.58. The largest absolute Gasteiger partial charge is 0.398 e. The number of nitrogens with two attached hydrogens (primary N) is 1. The molecule has 104 valence electrons. The van der Waals surface area contributed by atoms with Crippen LogP contribution in [0, 0.1) is 12.8 Å². The summed E-state index contributed by atoms with van der Waals surface area (Å²) in [6.45, 7) is 2.69. The van der Waals surface area contributed by atoms with Crippen LogP contribution in [0.1, 0.15) is 54.4 Å². The van der Waals surface area contributed by atoms with Gasteiger partial charge >= 0.3 is 0 Å². The number of hydrogen-bond acceptors (Lipinski definition) is 2. The van der Waals surface area contributed by atoms with Crippen LogP contribution in [0.3, 0.4) is 0 Å². The average molecular weight is 260 g/mol. The van der Waals surface area contributed by atoms with E-state index in [1.807, 2.05) is 19.1 Å². The van der Waals surface area contributed by atoms with Crippen LogP contribution in [-0.4, -0.2) is 12.5 Å². The molecule has 0 heterocycles. The van der Waals surface area contributed by atoms with Crippen molar-refractivity contribution in [3.05, 3.63) is 29.3 Å². The fourth-order valence-electron chi connectivity index (χ4n) is 2.84.